The lowest BCUT2D eigenvalue weighted by atomic mass is 10.2. The second kappa shape index (κ2) is 8.50. The molecule has 0 saturated carbocycles. The van der Waals surface area contributed by atoms with Gasteiger partial charge in [-0.15, -0.1) is 0 Å². The van der Waals surface area contributed by atoms with Crippen molar-refractivity contribution in [3.8, 4) is 0 Å². The van der Waals surface area contributed by atoms with E-state index in [2.05, 4.69) is 5.32 Å². The summed E-state index contributed by atoms with van der Waals surface area (Å²) in [6, 6.07) is 10.3. The summed E-state index contributed by atoms with van der Waals surface area (Å²) in [6.45, 7) is 0.122. The predicted molar refractivity (Wildman–Crippen MR) is 84.7 cm³/mol. The van der Waals surface area contributed by atoms with E-state index < -0.39 is 0 Å². The number of anilines is 1. The molecule has 7 heteroatoms. The SMILES string of the molecule is CN(C)C(=O)c1ccc[n+](CC(=O)Nc2ccc(Cl)cc2)c1.[Cl-]. The molecule has 0 bridgehead atoms. The van der Waals surface area contributed by atoms with Crippen LogP contribution in [0.15, 0.2) is 48.8 Å². The number of amides is 2. The summed E-state index contributed by atoms with van der Waals surface area (Å²) < 4.78 is 1.67. The molecule has 2 amide bonds. The molecule has 0 aliphatic rings. The number of carbonyl (C=O) groups is 2. The van der Waals surface area contributed by atoms with Crippen LogP contribution in [0.4, 0.5) is 5.69 Å². The molecular formula is C16H17Cl2N3O2. The van der Waals surface area contributed by atoms with Gasteiger partial charge < -0.3 is 22.6 Å². The number of aromatic nitrogens is 1. The first-order valence-corrected chi connectivity index (χ1v) is 7.09. The summed E-state index contributed by atoms with van der Waals surface area (Å²) in [5.41, 5.74) is 1.21. The molecule has 0 fully saturated rings. The predicted octanol–water partition coefficient (Wildman–Crippen LogP) is -1.03. The molecule has 0 aliphatic heterocycles. The van der Waals surface area contributed by atoms with Crippen molar-refractivity contribution in [2.45, 2.75) is 6.54 Å². The molecule has 0 spiro atoms. The van der Waals surface area contributed by atoms with E-state index in [9.17, 15) is 9.59 Å². The number of carbonyl (C=O) groups excluding carboxylic acids is 2. The quantitative estimate of drug-likeness (QED) is 0.715. The minimum Gasteiger partial charge on any atom is -1.00 e. The number of hydrogen-bond acceptors (Lipinski definition) is 2. The number of hydrogen-bond donors (Lipinski definition) is 1. The van der Waals surface area contributed by atoms with Crippen molar-refractivity contribution in [3.05, 3.63) is 59.4 Å². The summed E-state index contributed by atoms with van der Waals surface area (Å²) >= 11 is 5.80. The first kappa shape index (κ1) is 18.9. The molecule has 0 atom stereocenters. The van der Waals surface area contributed by atoms with Gasteiger partial charge in [-0.3, -0.25) is 9.59 Å². The van der Waals surface area contributed by atoms with Gasteiger partial charge in [-0.2, -0.15) is 4.57 Å². The van der Waals surface area contributed by atoms with Crippen LogP contribution in [0.25, 0.3) is 0 Å². The highest BCUT2D eigenvalue weighted by molar-refractivity contribution is 6.30. The van der Waals surface area contributed by atoms with Crippen LogP contribution < -0.4 is 22.3 Å². The minimum absolute atomic E-state index is 0. The number of rotatable bonds is 4. The fourth-order valence-corrected chi connectivity index (χ4v) is 2.03. The van der Waals surface area contributed by atoms with Crippen molar-refractivity contribution in [3.63, 3.8) is 0 Å². The highest BCUT2D eigenvalue weighted by Gasteiger charge is 2.15. The summed E-state index contributed by atoms with van der Waals surface area (Å²) in [5, 5.41) is 3.39. The van der Waals surface area contributed by atoms with Crippen LogP contribution in [0.2, 0.25) is 5.02 Å². The van der Waals surface area contributed by atoms with E-state index in [1.54, 1.807) is 67.5 Å². The highest BCUT2D eigenvalue weighted by atomic mass is 35.5. The molecule has 122 valence electrons. The van der Waals surface area contributed by atoms with Gasteiger partial charge in [0.15, 0.2) is 12.4 Å². The first-order chi connectivity index (χ1) is 10.5. The van der Waals surface area contributed by atoms with Gasteiger partial charge in [-0.25, -0.2) is 0 Å². The zero-order valence-corrected chi connectivity index (χ0v) is 14.3. The fraction of sp³-hybridized carbons (Fsp3) is 0.188. The maximum absolute atomic E-state index is 12.0. The standard InChI is InChI=1S/C16H16ClN3O2.ClH/c1-19(2)16(22)12-4-3-9-20(10-12)11-15(21)18-14-7-5-13(17)6-8-14;/h3-10H,11H2,1-2H3;1H. The second-order valence-electron chi connectivity index (χ2n) is 5.02. The van der Waals surface area contributed by atoms with E-state index in [1.165, 1.54) is 4.90 Å². The Labute approximate surface area is 146 Å². The molecule has 1 aromatic heterocycles. The number of nitrogens with zero attached hydrogens (tertiary/aromatic N) is 2. The van der Waals surface area contributed by atoms with Gasteiger partial charge >= 0.3 is 0 Å². The normalized spacial score (nSPS) is 9.70. The summed E-state index contributed by atoms with van der Waals surface area (Å²) in [5.74, 6) is -0.283. The van der Waals surface area contributed by atoms with E-state index in [0.717, 1.165) is 0 Å². The second-order valence-corrected chi connectivity index (χ2v) is 5.46. The van der Waals surface area contributed by atoms with Gasteiger partial charge in [0.05, 0.1) is 0 Å². The third-order valence-electron chi connectivity index (χ3n) is 2.97. The smallest absolute Gasteiger partial charge is 0.290 e. The Kier molecular flexibility index (Phi) is 7.00. The molecule has 1 aromatic carbocycles. The molecule has 2 aromatic rings. The van der Waals surface area contributed by atoms with Gasteiger partial charge in [0.25, 0.3) is 11.8 Å². The van der Waals surface area contributed by atoms with Crippen molar-refractivity contribution >= 4 is 29.1 Å². The maximum Gasteiger partial charge on any atom is 0.290 e. The molecule has 0 radical (unpaired) electrons. The van der Waals surface area contributed by atoms with Crippen LogP contribution in [0, 0.1) is 0 Å². The van der Waals surface area contributed by atoms with Crippen LogP contribution >= 0.6 is 11.6 Å². The number of pyridine rings is 1. The van der Waals surface area contributed by atoms with Gasteiger partial charge in [0.1, 0.15) is 5.56 Å². The van der Waals surface area contributed by atoms with Crippen molar-refractivity contribution < 1.29 is 26.6 Å². The molecule has 2 rings (SSSR count). The fourth-order valence-electron chi connectivity index (χ4n) is 1.90. The highest BCUT2D eigenvalue weighted by Crippen LogP contribution is 2.13. The van der Waals surface area contributed by atoms with Crippen LogP contribution in [0.3, 0.4) is 0 Å². The Morgan fingerprint density at radius 2 is 1.83 bits per heavy atom. The summed E-state index contributed by atoms with van der Waals surface area (Å²) in [4.78, 5) is 25.4. The van der Waals surface area contributed by atoms with E-state index in [-0.39, 0.29) is 30.8 Å². The van der Waals surface area contributed by atoms with E-state index in [4.69, 9.17) is 11.6 Å². The summed E-state index contributed by atoms with van der Waals surface area (Å²) in [6.07, 6.45) is 3.40. The van der Waals surface area contributed by atoms with Crippen LogP contribution in [-0.4, -0.2) is 30.8 Å². The van der Waals surface area contributed by atoms with Gasteiger partial charge in [0.2, 0.25) is 6.54 Å². The molecule has 0 aliphatic carbocycles. The zero-order chi connectivity index (χ0) is 16.1. The van der Waals surface area contributed by atoms with Gasteiger partial charge in [-0.05, 0) is 30.3 Å². The molecule has 23 heavy (non-hydrogen) atoms. The average molecular weight is 354 g/mol. The monoisotopic (exact) mass is 353 g/mol. The molecule has 5 nitrogen and oxygen atoms in total. The minimum atomic E-state index is -0.179. The molecular weight excluding hydrogens is 337 g/mol. The Morgan fingerprint density at radius 3 is 2.43 bits per heavy atom. The van der Waals surface area contributed by atoms with Crippen molar-refractivity contribution in [2.24, 2.45) is 0 Å². The molecule has 1 heterocycles. The van der Waals surface area contributed by atoms with Crippen LogP contribution in [0.5, 0.6) is 0 Å². The lowest BCUT2D eigenvalue weighted by Gasteiger charge is -2.09. The van der Waals surface area contributed by atoms with Crippen LogP contribution in [0.1, 0.15) is 10.4 Å². The lowest BCUT2D eigenvalue weighted by molar-refractivity contribution is -0.684. The average Bonchev–Trinajstić information content (AvgIpc) is 2.49. The third-order valence-corrected chi connectivity index (χ3v) is 3.22. The van der Waals surface area contributed by atoms with Gasteiger partial charge in [-0.1, -0.05) is 11.6 Å². The van der Waals surface area contributed by atoms with Crippen molar-refractivity contribution in [1.29, 1.82) is 0 Å². The maximum atomic E-state index is 12.0. The third kappa shape index (κ3) is 5.54. The Hall–Kier alpha value is -2.11. The first-order valence-electron chi connectivity index (χ1n) is 6.72. The van der Waals surface area contributed by atoms with Crippen molar-refractivity contribution in [1.82, 2.24) is 4.90 Å². The van der Waals surface area contributed by atoms with Gasteiger partial charge in [0, 0.05) is 30.9 Å². The van der Waals surface area contributed by atoms with E-state index >= 15 is 0 Å². The van der Waals surface area contributed by atoms with E-state index in [0.29, 0.717) is 16.3 Å². The lowest BCUT2D eigenvalue weighted by Crippen LogP contribution is -3.00. The Morgan fingerprint density at radius 1 is 1.17 bits per heavy atom. The molecule has 1 N–H and O–H groups in total. The number of halogens is 2. The Bertz CT molecular complexity index is 688. The van der Waals surface area contributed by atoms with Crippen LogP contribution in [-0.2, 0) is 11.3 Å². The largest absolute Gasteiger partial charge is 1.00 e. The summed E-state index contributed by atoms with van der Waals surface area (Å²) in [7, 11) is 3.37. The topological polar surface area (TPSA) is 53.3 Å². The molecule has 0 saturated heterocycles. The zero-order valence-electron chi connectivity index (χ0n) is 12.8. The van der Waals surface area contributed by atoms with E-state index in [1.807, 2.05) is 0 Å². The van der Waals surface area contributed by atoms with Crippen molar-refractivity contribution in [2.75, 3.05) is 19.4 Å². The molecule has 0 unspecified atom stereocenters. The number of benzene rings is 1. The Balaban J connectivity index is 0.00000264. The number of nitrogens with one attached hydrogen (secondary N) is 1.